The summed E-state index contributed by atoms with van der Waals surface area (Å²) in [6.45, 7) is 5.72. The molecule has 2 fully saturated rings. The van der Waals surface area contributed by atoms with Gasteiger partial charge in [0.2, 0.25) is 0 Å². The first-order valence-corrected chi connectivity index (χ1v) is 22.5. The van der Waals surface area contributed by atoms with Crippen LogP contribution in [0, 0.1) is 29.4 Å². The molecule has 0 N–H and O–H groups in total. The molecule has 0 bridgehead atoms. The van der Waals surface area contributed by atoms with Crippen molar-refractivity contribution in [1.29, 1.82) is 0 Å². The number of carbonyl (C=O) groups excluding carboxylic acids is 1. The third-order valence-electron chi connectivity index (χ3n) is 11.7. The molecule has 1 aliphatic heterocycles. The second kappa shape index (κ2) is 15.9. The molecule has 5 aromatic rings. The number of hydrogen-bond acceptors (Lipinski definition) is 7. The van der Waals surface area contributed by atoms with Crippen LogP contribution in [0.5, 0.6) is 0 Å². The molecule has 1 saturated heterocycles. The fourth-order valence-electron chi connectivity index (χ4n) is 9.01. The van der Waals surface area contributed by atoms with Crippen molar-refractivity contribution in [3.05, 3.63) is 98.7 Å². The van der Waals surface area contributed by atoms with Crippen LogP contribution in [0.4, 0.5) is 26.3 Å². The van der Waals surface area contributed by atoms with Gasteiger partial charge in [-0.25, -0.2) is 22.5 Å². The number of benzene rings is 2. The Balaban J connectivity index is 1.27. The number of morpholine rings is 1. The molecule has 0 radical (unpaired) electrons. The number of alkyl halides is 4. The van der Waals surface area contributed by atoms with E-state index in [2.05, 4.69) is 32.8 Å². The molecular formula is C44H43ClF6N6O3S. The van der Waals surface area contributed by atoms with E-state index in [1.807, 2.05) is 13.8 Å². The van der Waals surface area contributed by atoms with E-state index in [0.717, 1.165) is 25.2 Å². The van der Waals surface area contributed by atoms with Gasteiger partial charge < -0.3 is 4.74 Å². The second-order valence-corrected chi connectivity index (χ2v) is 19.7. The SMILES string of the molecule is C=S(C)(=O)Cc1nn(C)c2c(-c3ccc(C#C[C@]4(C)CN(CC)CCO4)nc3[C@@H](CC(=O)Cn3nc(C(F)F)c4c3C(F)(F)[C@@H]3C[C@H]43)Cc3cc(F)cc(F)c3)ccc(Cl)c12. The number of ether oxygens (including phenoxy) is 1. The van der Waals surface area contributed by atoms with E-state index >= 15 is 8.78 Å². The highest BCUT2D eigenvalue weighted by atomic mass is 35.5. The molecule has 2 aliphatic carbocycles. The summed E-state index contributed by atoms with van der Waals surface area (Å²) < 4.78 is 110. The predicted octanol–water partition coefficient (Wildman–Crippen LogP) is 8.20. The monoisotopic (exact) mass is 884 g/mol. The quantitative estimate of drug-likeness (QED) is 0.0709. The number of aromatic nitrogens is 5. The lowest BCUT2D eigenvalue weighted by Gasteiger charge is -2.36. The third kappa shape index (κ3) is 8.46. The van der Waals surface area contributed by atoms with Crippen LogP contribution in [-0.4, -0.2) is 83.4 Å². The second-order valence-electron chi connectivity index (χ2n) is 16.6. The number of fused-ring (bicyclic) bond motifs is 4. The van der Waals surface area contributed by atoms with Crippen LogP contribution >= 0.6 is 11.6 Å². The molecule has 0 amide bonds. The number of aryl methyl sites for hydroxylation is 1. The number of pyridine rings is 1. The topological polar surface area (TPSA) is 95.1 Å². The number of Topliss-reactive ketones (excluding diaryl/α,β-unsaturated/α-hetero) is 1. The van der Waals surface area contributed by atoms with Crippen molar-refractivity contribution < 1.29 is 40.1 Å². The van der Waals surface area contributed by atoms with Gasteiger partial charge in [0, 0.05) is 72.8 Å². The van der Waals surface area contributed by atoms with Gasteiger partial charge >= 0.3 is 0 Å². The Hall–Kier alpha value is -4.69. The lowest BCUT2D eigenvalue weighted by Crippen LogP contribution is -2.49. The van der Waals surface area contributed by atoms with Gasteiger partial charge in [0.15, 0.2) is 5.78 Å². The summed E-state index contributed by atoms with van der Waals surface area (Å²) in [6, 6.07) is 9.79. The van der Waals surface area contributed by atoms with Crippen LogP contribution in [0.15, 0.2) is 42.5 Å². The number of ketones is 1. The predicted molar refractivity (Wildman–Crippen MR) is 222 cm³/mol. The van der Waals surface area contributed by atoms with Gasteiger partial charge in [-0.2, -0.15) is 19.0 Å². The average molecular weight is 885 g/mol. The van der Waals surface area contributed by atoms with Crippen molar-refractivity contribution in [2.45, 2.75) is 75.2 Å². The largest absolute Gasteiger partial charge is 0.360 e. The zero-order valence-corrected chi connectivity index (χ0v) is 35.5. The number of rotatable bonds is 12. The summed E-state index contributed by atoms with van der Waals surface area (Å²) in [4.78, 5) is 21.5. The number of hydrogen-bond donors (Lipinski definition) is 0. The molecule has 4 heterocycles. The molecule has 3 aliphatic rings. The van der Waals surface area contributed by atoms with Crippen LogP contribution < -0.4 is 0 Å². The van der Waals surface area contributed by atoms with Gasteiger partial charge in [-0.05, 0) is 89.4 Å². The smallest absolute Gasteiger partial charge is 0.293 e. The van der Waals surface area contributed by atoms with E-state index in [9.17, 15) is 26.6 Å². The van der Waals surface area contributed by atoms with Gasteiger partial charge in [0.05, 0.1) is 34.3 Å². The normalized spacial score (nSPS) is 22.1. The minimum absolute atomic E-state index is 0.0245. The van der Waals surface area contributed by atoms with Crippen LogP contribution in [0.1, 0.15) is 84.5 Å². The first-order valence-electron chi connectivity index (χ1n) is 19.8. The molecule has 1 saturated carbocycles. The Kier molecular flexibility index (Phi) is 11.2. The maximum absolute atomic E-state index is 15.5. The summed E-state index contributed by atoms with van der Waals surface area (Å²) in [7, 11) is -0.878. The van der Waals surface area contributed by atoms with Crippen molar-refractivity contribution in [2.24, 2.45) is 13.0 Å². The maximum Gasteiger partial charge on any atom is 0.293 e. The zero-order chi connectivity index (χ0) is 43.8. The fourth-order valence-corrected chi connectivity index (χ4v) is 10.0. The average Bonchev–Trinajstić information content (AvgIpc) is 3.72. The van der Waals surface area contributed by atoms with Crippen LogP contribution in [-0.2, 0) is 50.7 Å². The molecule has 61 heavy (non-hydrogen) atoms. The number of likely N-dealkylation sites (N-methyl/N-ethyl adjacent to an activating group) is 1. The lowest BCUT2D eigenvalue weighted by molar-refractivity contribution is -0.120. The summed E-state index contributed by atoms with van der Waals surface area (Å²) in [5, 5.41) is 9.34. The van der Waals surface area contributed by atoms with Crippen molar-refractivity contribution in [3.63, 3.8) is 0 Å². The Morgan fingerprint density at radius 1 is 1.10 bits per heavy atom. The zero-order valence-electron chi connectivity index (χ0n) is 33.9. The molecule has 8 rings (SSSR count). The van der Waals surface area contributed by atoms with Crippen LogP contribution in [0.25, 0.3) is 22.0 Å². The van der Waals surface area contributed by atoms with Crippen molar-refractivity contribution in [2.75, 3.05) is 32.5 Å². The van der Waals surface area contributed by atoms with Gasteiger partial charge in [-0.1, -0.05) is 30.5 Å². The van der Waals surface area contributed by atoms with E-state index < -0.39 is 87.0 Å². The van der Waals surface area contributed by atoms with E-state index in [1.54, 1.807) is 36.0 Å². The molecule has 322 valence electrons. The van der Waals surface area contributed by atoms with Crippen molar-refractivity contribution in [3.8, 4) is 23.0 Å². The summed E-state index contributed by atoms with van der Waals surface area (Å²) in [6.07, 6.45) is -2.14. The van der Waals surface area contributed by atoms with Crippen LogP contribution in [0.3, 0.4) is 0 Å². The van der Waals surface area contributed by atoms with Gasteiger partial charge in [-0.3, -0.25) is 23.3 Å². The first-order chi connectivity index (χ1) is 28.7. The van der Waals surface area contributed by atoms with Gasteiger partial charge in [-0.15, -0.1) is 0 Å². The lowest BCUT2D eigenvalue weighted by atomic mass is 9.86. The molecule has 5 atom stereocenters. The van der Waals surface area contributed by atoms with Gasteiger partial charge in [0.1, 0.15) is 40.9 Å². The molecule has 17 heteroatoms. The highest BCUT2D eigenvalue weighted by Gasteiger charge is 2.67. The Morgan fingerprint density at radius 3 is 2.51 bits per heavy atom. The maximum atomic E-state index is 15.5. The molecule has 1 unspecified atom stereocenters. The first kappa shape index (κ1) is 43.0. The van der Waals surface area contributed by atoms with E-state index in [1.165, 1.54) is 6.26 Å². The van der Waals surface area contributed by atoms with Crippen molar-refractivity contribution >= 4 is 43.7 Å². The van der Waals surface area contributed by atoms with E-state index in [0.29, 0.717) is 56.6 Å². The molecule has 0 spiro atoms. The molecule has 3 aromatic heterocycles. The number of halogens is 7. The Labute approximate surface area is 354 Å². The third-order valence-corrected chi connectivity index (χ3v) is 12.9. The Bertz CT molecular complexity index is 2740. The fraction of sp³-hybridized carbons (Fsp3) is 0.432. The summed E-state index contributed by atoms with van der Waals surface area (Å²) in [5.74, 6) is 1.46. The van der Waals surface area contributed by atoms with Crippen LogP contribution in [0.2, 0.25) is 5.02 Å². The molecular weight excluding hydrogens is 842 g/mol. The summed E-state index contributed by atoms with van der Waals surface area (Å²) >= 11 is 6.78. The standard InChI is InChI=1S/C44H43ClF6N6O3S/c1-6-56-13-14-60-43(2,23-56)12-11-28-7-8-30(31-9-10-34(45)37-35(22-61(4,5)59)53-55(3)40(31)37)38(52-28)25(15-24-16-26(46)19-27(47)17-24)18-29(58)21-57-41-36(39(54-57)42(48)49)32-20-33(32)44(41,50)51/h7-10,16-17,19,25,32-33,42H,4,6,13-15,18,20-23H2,1-3,5H3/t25-,32+,33-,43-,61?/m1/s1. The van der Waals surface area contributed by atoms with E-state index in [-0.39, 0.29) is 41.1 Å². The summed E-state index contributed by atoms with van der Waals surface area (Å²) in [5.41, 5.74) is 0.236. The Morgan fingerprint density at radius 2 is 1.82 bits per heavy atom. The minimum Gasteiger partial charge on any atom is -0.360 e. The van der Waals surface area contributed by atoms with Crippen molar-refractivity contribution in [1.82, 2.24) is 29.4 Å². The number of nitrogens with zero attached hydrogens (tertiary/aromatic N) is 6. The van der Waals surface area contributed by atoms with Gasteiger partial charge in [0.25, 0.3) is 12.3 Å². The van der Waals surface area contributed by atoms with E-state index in [4.69, 9.17) is 21.3 Å². The molecule has 9 nitrogen and oxygen atoms in total. The number of carbonyl (C=O) groups is 1. The highest BCUT2D eigenvalue weighted by Crippen LogP contribution is 2.68. The minimum atomic E-state index is -3.45. The highest BCUT2D eigenvalue weighted by molar-refractivity contribution is 7.98. The molecule has 2 aromatic carbocycles.